The molecule has 0 bridgehead atoms. The van der Waals surface area contributed by atoms with Crippen LogP contribution in [-0.4, -0.2) is 10.9 Å². The summed E-state index contributed by atoms with van der Waals surface area (Å²) in [5.74, 6) is 0.605. The number of benzene rings is 2. The highest BCUT2D eigenvalue weighted by Gasteiger charge is 2.08. The smallest absolute Gasteiger partial charge is 0.255 e. The number of nitrogens with one attached hydrogen (secondary N) is 2. The second-order valence-electron chi connectivity index (χ2n) is 6.56. The normalized spacial score (nSPS) is 10.5. The van der Waals surface area contributed by atoms with Crippen molar-refractivity contribution < 1.29 is 4.79 Å². The van der Waals surface area contributed by atoms with Crippen LogP contribution >= 0.6 is 0 Å². The van der Waals surface area contributed by atoms with Gasteiger partial charge in [0.2, 0.25) is 0 Å². The summed E-state index contributed by atoms with van der Waals surface area (Å²) in [7, 11) is 0. The Morgan fingerprint density at radius 3 is 2.38 bits per heavy atom. The molecule has 2 aromatic carbocycles. The molecule has 0 aliphatic rings. The molecule has 2 N–H and O–H groups in total. The number of rotatable bonds is 4. The first kappa shape index (κ1) is 17.7. The Labute approximate surface area is 154 Å². The Bertz CT molecular complexity index is 946. The molecule has 1 aromatic heterocycles. The third-order valence-corrected chi connectivity index (χ3v) is 4.66. The van der Waals surface area contributed by atoms with E-state index in [1.807, 2.05) is 56.3 Å². The number of hydrogen-bond donors (Lipinski definition) is 2. The number of aryl methyl sites for hydroxylation is 3. The first-order chi connectivity index (χ1) is 12.4. The Kier molecular flexibility index (Phi) is 5.03. The summed E-state index contributed by atoms with van der Waals surface area (Å²) in [5.41, 5.74) is 7.04. The number of amides is 1. The van der Waals surface area contributed by atoms with Crippen molar-refractivity contribution in [2.75, 3.05) is 10.6 Å². The lowest BCUT2D eigenvalue weighted by Gasteiger charge is -2.11. The maximum atomic E-state index is 12.4. The Morgan fingerprint density at radius 2 is 1.69 bits per heavy atom. The third kappa shape index (κ3) is 3.91. The molecule has 3 aromatic rings. The molecule has 0 radical (unpaired) electrons. The Morgan fingerprint density at radius 1 is 0.885 bits per heavy atom. The van der Waals surface area contributed by atoms with Crippen LogP contribution in [0.15, 0.2) is 54.7 Å². The van der Waals surface area contributed by atoms with Gasteiger partial charge in [0, 0.05) is 11.3 Å². The first-order valence-electron chi connectivity index (χ1n) is 8.62. The Hall–Kier alpha value is -3.14. The molecule has 0 unspecified atom stereocenters. The molecule has 4 heteroatoms. The number of carbonyl (C=O) groups is 1. The van der Waals surface area contributed by atoms with Crippen LogP contribution in [-0.2, 0) is 0 Å². The minimum Gasteiger partial charge on any atom is -0.340 e. The zero-order valence-corrected chi connectivity index (χ0v) is 15.6. The van der Waals surface area contributed by atoms with Crippen LogP contribution in [0.2, 0.25) is 0 Å². The molecule has 0 fully saturated rings. The maximum absolute atomic E-state index is 12.4. The standard InChI is InChI=1S/C22H23N3O/c1-14-8-9-18(12-16(14)3)22(26)24-19-10-11-21(23-13-19)25-20-7-5-6-15(2)17(20)4/h5-13H,1-4H3,(H,23,25)(H,24,26). The zero-order valence-electron chi connectivity index (χ0n) is 15.6. The SMILES string of the molecule is Cc1ccc(C(=O)Nc2ccc(Nc3cccc(C)c3C)nc2)cc1C. The average Bonchev–Trinajstić information content (AvgIpc) is 2.63. The van der Waals surface area contributed by atoms with E-state index in [9.17, 15) is 4.79 Å². The number of hydrogen-bond acceptors (Lipinski definition) is 3. The van der Waals surface area contributed by atoms with Gasteiger partial charge in [0.1, 0.15) is 5.82 Å². The molecule has 0 atom stereocenters. The second-order valence-corrected chi connectivity index (χ2v) is 6.56. The van der Waals surface area contributed by atoms with Crippen LogP contribution in [0.3, 0.4) is 0 Å². The summed E-state index contributed by atoms with van der Waals surface area (Å²) in [6.45, 7) is 8.19. The molecule has 0 spiro atoms. The molecule has 1 amide bonds. The van der Waals surface area contributed by atoms with E-state index in [1.165, 1.54) is 16.7 Å². The van der Waals surface area contributed by atoms with E-state index in [1.54, 1.807) is 6.20 Å². The van der Waals surface area contributed by atoms with Crippen molar-refractivity contribution >= 4 is 23.1 Å². The van der Waals surface area contributed by atoms with Crippen LogP contribution in [0.25, 0.3) is 0 Å². The third-order valence-electron chi connectivity index (χ3n) is 4.66. The molecule has 0 aliphatic carbocycles. The fourth-order valence-electron chi connectivity index (χ4n) is 2.65. The van der Waals surface area contributed by atoms with Gasteiger partial charge < -0.3 is 10.6 Å². The highest BCUT2D eigenvalue weighted by Crippen LogP contribution is 2.22. The summed E-state index contributed by atoms with van der Waals surface area (Å²) in [6.07, 6.45) is 1.66. The van der Waals surface area contributed by atoms with Gasteiger partial charge in [-0.05, 0) is 80.3 Å². The van der Waals surface area contributed by atoms with Crippen molar-refractivity contribution in [1.82, 2.24) is 4.98 Å². The molecule has 4 nitrogen and oxygen atoms in total. The van der Waals surface area contributed by atoms with E-state index >= 15 is 0 Å². The number of nitrogens with zero attached hydrogens (tertiary/aromatic N) is 1. The van der Waals surface area contributed by atoms with Gasteiger partial charge in [-0.25, -0.2) is 4.98 Å². The molecule has 0 saturated heterocycles. The van der Waals surface area contributed by atoms with E-state index in [0.29, 0.717) is 11.3 Å². The predicted molar refractivity (Wildman–Crippen MR) is 107 cm³/mol. The van der Waals surface area contributed by atoms with Crippen LogP contribution in [0.1, 0.15) is 32.6 Å². The van der Waals surface area contributed by atoms with Gasteiger partial charge in [0.25, 0.3) is 5.91 Å². The number of pyridine rings is 1. The van der Waals surface area contributed by atoms with Crippen LogP contribution in [0.4, 0.5) is 17.2 Å². The van der Waals surface area contributed by atoms with Crippen molar-refractivity contribution in [2.24, 2.45) is 0 Å². The average molecular weight is 345 g/mol. The topological polar surface area (TPSA) is 54.0 Å². The molecular formula is C22H23N3O. The van der Waals surface area contributed by atoms with Gasteiger partial charge in [0.05, 0.1) is 11.9 Å². The van der Waals surface area contributed by atoms with Gasteiger partial charge in [-0.2, -0.15) is 0 Å². The predicted octanol–water partition coefficient (Wildman–Crippen LogP) is 5.31. The number of carbonyl (C=O) groups excluding carboxylic acids is 1. The summed E-state index contributed by atoms with van der Waals surface area (Å²) >= 11 is 0. The second kappa shape index (κ2) is 7.40. The van der Waals surface area contributed by atoms with E-state index in [0.717, 1.165) is 17.1 Å². The van der Waals surface area contributed by atoms with Crippen LogP contribution < -0.4 is 10.6 Å². The monoisotopic (exact) mass is 345 g/mol. The fraction of sp³-hybridized carbons (Fsp3) is 0.182. The van der Waals surface area contributed by atoms with E-state index in [-0.39, 0.29) is 5.91 Å². The summed E-state index contributed by atoms with van der Waals surface area (Å²) in [5, 5.41) is 6.20. The lowest BCUT2D eigenvalue weighted by Crippen LogP contribution is -2.12. The highest BCUT2D eigenvalue weighted by molar-refractivity contribution is 6.04. The van der Waals surface area contributed by atoms with Gasteiger partial charge >= 0.3 is 0 Å². The van der Waals surface area contributed by atoms with Crippen LogP contribution in [0, 0.1) is 27.7 Å². The lowest BCUT2D eigenvalue weighted by molar-refractivity contribution is 0.102. The van der Waals surface area contributed by atoms with Gasteiger partial charge in [-0.3, -0.25) is 4.79 Å². The van der Waals surface area contributed by atoms with Gasteiger partial charge in [-0.1, -0.05) is 18.2 Å². The van der Waals surface area contributed by atoms with Crippen molar-refractivity contribution in [3.05, 3.63) is 82.5 Å². The van der Waals surface area contributed by atoms with Crippen LogP contribution in [0.5, 0.6) is 0 Å². The quantitative estimate of drug-likeness (QED) is 0.673. The zero-order chi connectivity index (χ0) is 18.7. The number of aromatic nitrogens is 1. The van der Waals surface area contributed by atoms with Gasteiger partial charge in [0.15, 0.2) is 0 Å². The van der Waals surface area contributed by atoms with E-state index < -0.39 is 0 Å². The molecular weight excluding hydrogens is 322 g/mol. The van der Waals surface area contributed by atoms with Gasteiger partial charge in [-0.15, -0.1) is 0 Å². The largest absolute Gasteiger partial charge is 0.340 e. The summed E-state index contributed by atoms with van der Waals surface area (Å²) in [6, 6.07) is 15.5. The molecule has 3 rings (SSSR count). The van der Waals surface area contributed by atoms with Crippen molar-refractivity contribution in [3.8, 4) is 0 Å². The van der Waals surface area contributed by atoms with Crippen molar-refractivity contribution in [3.63, 3.8) is 0 Å². The molecule has 26 heavy (non-hydrogen) atoms. The molecule has 1 heterocycles. The number of anilines is 3. The highest BCUT2D eigenvalue weighted by atomic mass is 16.1. The lowest BCUT2D eigenvalue weighted by atomic mass is 10.1. The molecule has 0 aliphatic heterocycles. The van der Waals surface area contributed by atoms with Crippen molar-refractivity contribution in [1.29, 1.82) is 0 Å². The van der Waals surface area contributed by atoms with Crippen molar-refractivity contribution in [2.45, 2.75) is 27.7 Å². The minimum absolute atomic E-state index is 0.134. The Balaban J connectivity index is 1.70. The summed E-state index contributed by atoms with van der Waals surface area (Å²) in [4.78, 5) is 16.8. The van der Waals surface area contributed by atoms with E-state index in [4.69, 9.17) is 0 Å². The minimum atomic E-state index is -0.134. The maximum Gasteiger partial charge on any atom is 0.255 e. The van der Waals surface area contributed by atoms with E-state index in [2.05, 4.69) is 35.5 Å². The first-order valence-corrected chi connectivity index (χ1v) is 8.62. The molecule has 0 saturated carbocycles. The molecule has 132 valence electrons. The summed E-state index contributed by atoms with van der Waals surface area (Å²) < 4.78 is 0. The fourth-order valence-corrected chi connectivity index (χ4v) is 2.65.